The van der Waals surface area contributed by atoms with Crippen molar-refractivity contribution in [3.63, 3.8) is 0 Å². The minimum absolute atomic E-state index is 0.0920. The van der Waals surface area contributed by atoms with E-state index in [1.807, 2.05) is 42.1 Å². The zero-order valence-corrected chi connectivity index (χ0v) is 19.0. The van der Waals surface area contributed by atoms with Gasteiger partial charge in [0.05, 0.1) is 10.6 Å². The molecule has 1 heterocycles. The molecule has 0 atom stereocenters. The summed E-state index contributed by atoms with van der Waals surface area (Å²) >= 11 is 3.27. The Kier molecular flexibility index (Phi) is 8.07. The number of halogens is 4. The van der Waals surface area contributed by atoms with Crippen molar-refractivity contribution in [1.82, 2.24) is 4.57 Å². The summed E-state index contributed by atoms with van der Waals surface area (Å²) in [6.45, 7) is 0. The molecule has 0 unspecified atom stereocenters. The smallest absolute Gasteiger partial charge is 0.475 e. The number of amides is 1. The third-order valence-corrected chi connectivity index (χ3v) is 6.44. The Hall–Kier alpha value is -2.86. The number of aromatic nitrogens is 1. The fraction of sp³-hybridized carbons (Fsp3) is 0.200. The summed E-state index contributed by atoms with van der Waals surface area (Å²) in [7, 11) is -1.53. The molecule has 32 heavy (non-hydrogen) atoms. The Morgan fingerprint density at radius 1 is 1.09 bits per heavy atom. The molecule has 0 radical (unpaired) electrons. The first kappa shape index (κ1) is 25.4. The van der Waals surface area contributed by atoms with Crippen molar-refractivity contribution < 1.29 is 36.3 Å². The van der Waals surface area contributed by atoms with Crippen LogP contribution in [0.5, 0.6) is 0 Å². The van der Waals surface area contributed by atoms with Gasteiger partial charge >= 0.3 is 12.1 Å². The molecule has 0 bridgehead atoms. The van der Waals surface area contributed by atoms with Crippen molar-refractivity contribution in [3.8, 4) is 0 Å². The molecule has 0 saturated heterocycles. The molecule has 0 fully saturated rings. The van der Waals surface area contributed by atoms with Crippen LogP contribution in [-0.4, -0.2) is 41.9 Å². The number of aryl methyl sites for hydroxylation is 1. The zero-order chi connectivity index (χ0) is 24.1. The van der Waals surface area contributed by atoms with Gasteiger partial charge in [-0.05, 0) is 48.5 Å². The number of alkyl halides is 3. The summed E-state index contributed by atoms with van der Waals surface area (Å²) in [4.78, 5) is 21.2. The molecular formula is C20H18BrF3N2O5S. The third-order valence-electron chi connectivity index (χ3n) is 4.18. The molecule has 12 heteroatoms. The van der Waals surface area contributed by atoms with Crippen molar-refractivity contribution in [1.29, 1.82) is 0 Å². The first-order valence-corrected chi connectivity index (χ1v) is 11.4. The van der Waals surface area contributed by atoms with Crippen LogP contribution in [0.2, 0.25) is 0 Å². The van der Waals surface area contributed by atoms with Crippen LogP contribution in [0.4, 0.5) is 18.9 Å². The number of carboxylic acid groups (broad SMARTS) is 1. The molecule has 172 valence electrons. The van der Waals surface area contributed by atoms with E-state index in [2.05, 4.69) is 21.2 Å². The number of anilines is 1. The average Bonchev–Trinajstić information content (AvgIpc) is 3.07. The van der Waals surface area contributed by atoms with Gasteiger partial charge in [-0.3, -0.25) is 4.79 Å². The number of nitrogens with zero attached hydrogens (tertiary/aromatic N) is 1. The second kappa shape index (κ2) is 10.2. The number of hydrogen-bond acceptors (Lipinski definition) is 4. The number of benzene rings is 2. The van der Waals surface area contributed by atoms with Gasteiger partial charge in [0.1, 0.15) is 0 Å². The highest BCUT2D eigenvalue weighted by Gasteiger charge is 2.38. The second-order valence-electron chi connectivity index (χ2n) is 6.57. The maximum atomic E-state index is 12.3. The number of rotatable bonds is 5. The van der Waals surface area contributed by atoms with E-state index in [9.17, 15) is 26.4 Å². The first-order chi connectivity index (χ1) is 14.8. The Morgan fingerprint density at radius 3 is 2.25 bits per heavy atom. The highest BCUT2D eigenvalue weighted by molar-refractivity contribution is 9.10. The first-order valence-electron chi connectivity index (χ1n) is 8.93. The van der Waals surface area contributed by atoms with Crippen LogP contribution in [0.25, 0.3) is 10.9 Å². The molecular weight excluding hydrogens is 517 g/mol. The van der Waals surface area contributed by atoms with Crippen LogP contribution in [0.15, 0.2) is 64.1 Å². The maximum absolute atomic E-state index is 12.3. The summed E-state index contributed by atoms with van der Waals surface area (Å²) < 4.78 is 59.1. The molecule has 1 aromatic heterocycles. The highest BCUT2D eigenvalue weighted by Crippen LogP contribution is 2.20. The van der Waals surface area contributed by atoms with Gasteiger partial charge < -0.3 is 15.0 Å². The van der Waals surface area contributed by atoms with Gasteiger partial charge in [-0.1, -0.05) is 15.9 Å². The van der Waals surface area contributed by atoms with E-state index < -0.39 is 22.0 Å². The van der Waals surface area contributed by atoms with Crippen molar-refractivity contribution in [3.05, 3.63) is 59.2 Å². The molecule has 0 spiro atoms. The summed E-state index contributed by atoms with van der Waals surface area (Å²) in [5.41, 5.74) is 1.72. The summed E-state index contributed by atoms with van der Waals surface area (Å²) in [6, 6.07) is 14.0. The van der Waals surface area contributed by atoms with Gasteiger partial charge in [-0.2, -0.15) is 13.2 Å². The lowest BCUT2D eigenvalue weighted by molar-refractivity contribution is -0.192. The minimum Gasteiger partial charge on any atom is -0.475 e. The maximum Gasteiger partial charge on any atom is 0.490 e. The van der Waals surface area contributed by atoms with E-state index in [1.54, 1.807) is 12.1 Å². The summed E-state index contributed by atoms with van der Waals surface area (Å²) in [6.07, 6.45) is -3.23. The van der Waals surface area contributed by atoms with E-state index in [0.717, 1.165) is 15.4 Å². The molecule has 2 N–H and O–H groups in total. The highest BCUT2D eigenvalue weighted by atomic mass is 79.9. The van der Waals surface area contributed by atoms with Crippen LogP contribution in [-0.2, 0) is 26.5 Å². The molecule has 3 rings (SSSR count). The Labute approximate surface area is 189 Å². The lowest BCUT2D eigenvalue weighted by Crippen LogP contribution is -2.21. The van der Waals surface area contributed by atoms with Gasteiger partial charge in [0.15, 0.2) is 9.84 Å². The van der Waals surface area contributed by atoms with Gasteiger partial charge in [-0.25, -0.2) is 13.2 Å². The van der Waals surface area contributed by atoms with Gasteiger partial charge in [0.25, 0.3) is 0 Å². The number of aliphatic carboxylic acids is 1. The number of sulfone groups is 1. The molecule has 0 aliphatic heterocycles. The quantitative estimate of drug-likeness (QED) is 0.505. The van der Waals surface area contributed by atoms with Crippen molar-refractivity contribution in [2.24, 2.45) is 7.05 Å². The predicted octanol–water partition coefficient (Wildman–Crippen LogP) is 4.38. The Bertz CT molecular complexity index is 1220. The predicted molar refractivity (Wildman–Crippen MR) is 116 cm³/mol. The van der Waals surface area contributed by atoms with Crippen molar-refractivity contribution in [2.45, 2.75) is 17.5 Å². The number of hydrogen-bond donors (Lipinski definition) is 2. The standard InChI is InChI=1S/C18H17BrN2O3S.C2HF3O2/c1-21-10-8-13-12-15(4-7-17(13)21)20-18(22)9-11-25(23,24)16-5-2-14(19)3-6-16;3-2(4,5)1(6)7/h2-8,10,12H,9,11H2,1H3,(H,20,22);(H,6,7). The lowest BCUT2D eigenvalue weighted by atomic mass is 10.2. The minimum atomic E-state index is -5.08. The molecule has 2 aromatic carbocycles. The largest absolute Gasteiger partial charge is 0.490 e. The van der Waals surface area contributed by atoms with Crippen LogP contribution >= 0.6 is 15.9 Å². The molecule has 1 amide bonds. The normalized spacial score (nSPS) is 11.5. The van der Waals surface area contributed by atoms with Crippen LogP contribution in [0.1, 0.15) is 6.42 Å². The molecule has 0 aliphatic rings. The number of carbonyl (C=O) groups excluding carboxylic acids is 1. The number of carboxylic acids is 1. The monoisotopic (exact) mass is 534 g/mol. The molecule has 7 nitrogen and oxygen atoms in total. The van der Waals surface area contributed by atoms with Crippen LogP contribution in [0, 0.1) is 0 Å². The Balaban J connectivity index is 0.000000451. The molecule has 0 saturated carbocycles. The Morgan fingerprint density at radius 2 is 1.69 bits per heavy atom. The number of fused-ring (bicyclic) bond motifs is 1. The second-order valence-corrected chi connectivity index (χ2v) is 9.60. The zero-order valence-electron chi connectivity index (χ0n) is 16.6. The van der Waals surface area contributed by atoms with E-state index in [1.165, 1.54) is 12.1 Å². The van der Waals surface area contributed by atoms with Crippen molar-refractivity contribution in [2.75, 3.05) is 11.1 Å². The molecule has 0 aliphatic carbocycles. The average molecular weight is 535 g/mol. The van der Waals surface area contributed by atoms with E-state index in [-0.39, 0.29) is 23.0 Å². The van der Waals surface area contributed by atoms with E-state index >= 15 is 0 Å². The number of nitrogens with one attached hydrogen (secondary N) is 1. The fourth-order valence-corrected chi connectivity index (χ4v) is 4.07. The lowest BCUT2D eigenvalue weighted by Gasteiger charge is -2.07. The summed E-state index contributed by atoms with van der Waals surface area (Å²) in [5.74, 6) is -3.31. The van der Waals surface area contributed by atoms with Gasteiger partial charge in [0.2, 0.25) is 5.91 Å². The third kappa shape index (κ3) is 7.09. The van der Waals surface area contributed by atoms with Gasteiger partial charge in [-0.15, -0.1) is 0 Å². The van der Waals surface area contributed by atoms with Crippen LogP contribution < -0.4 is 5.32 Å². The molecule has 3 aromatic rings. The SMILES string of the molecule is Cn1ccc2cc(NC(=O)CCS(=O)(=O)c3ccc(Br)cc3)ccc21.O=C(O)C(F)(F)F. The van der Waals surface area contributed by atoms with Gasteiger partial charge in [0, 0.05) is 40.7 Å². The van der Waals surface area contributed by atoms with E-state index in [0.29, 0.717) is 5.69 Å². The van der Waals surface area contributed by atoms with Crippen molar-refractivity contribution >= 4 is 54.2 Å². The number of carbonyl (C=O) groups is 2. The topological polar surface area (TPSA) is 105 Å². The summed E-state index contributed by atoms with van der Waals surface area (Å²) in [5, 5.41) is 10.9. The fourth-order valence-electron chi connectivity index (χ4n) is 2.57. The van der Waals surface area contributed by atoms with E-state index in [4.69, 9.17) is 9.90 Å². The van der Waals surface area contributed by atoms with Crippen LogP contribution in [0.3, 0.4) is 0 Å².